The predicted octanol–water partition coefficient (Wildman–Crippen LogP) is 4.55. The largest absolute Gasteiger partial charge is 0.497 e. The summed E-state index contributed by atoms with van der Waals surface area (Å²) < 4.78 is 48.4. The van der Waals surface area contributed by atoms with Crippen molar-refractivity contribution in [2.75, 3.05) is 12.4 Å². The number of esters is 1. The Morgan fingerprint density at radius 3 is 2.48 bits per heavy atom. The molecule has 1 atom stereocenters. The molecule has 1 amide bonds. The molecule has 2 rings (SSSR count). The van der Waals surface area contributed by atoms with Crippen molar-refractivity contribution in [3.63, 3.8) is 0 Å². The number of amides is 1. The number of nitrogens with one attached hydrogen (secondary N) is 1. The van der Waals surface area contributed by atoms with Crippen molar-refractivity contribution in [2.24, 2.45) is 0 Å². The van der Waals surface area contributed by atoms with Gasteiger partial charge in [-0.05, 0) is 43.3 Å². The third-order valence-electron chi connectivity index (χ3n) is 3.51. The van der Waals surface area contributed by atoms with Crippen LogP contribution in [0, 0.1) is 0 Å². The first-order valence-corrected chi connectivity index (χ1v) is 8.02. The van der Waals surface area contributed by atoms with Crippen molar-refractivity contribution < 1.29 is 32.2 Å². The van der Waals surface area contributed by atoms with E-state index in [1.54, 1.807) is 12.1 Å². The van der Waals surface area contributed by atoms with Gasteiger partial charge in [0, 0.05) is 0 Å². The quantitative estimate of drug-likeness (QED) is 0.746. The van der Waals surface area contributed by atoms with Crippen molar-refractivity contribution in [2.45, 2.75) is 19.2 Å². The van der Waals surface area contributed by atoms with E-state index < -0.39 is 29.7 Å². The first-order chi connectivity index (χ1) is 12.6. The maximum atomic E-state index is 12.8. The molecule has 0 bridgehead atoms. The van der Waals surface area contributed by atoms with Crippen LogP contribution in [0.3, 0.4) is 0 Å². The van der Waals surface area contributed by atoms with Crippen molar-refractivity contribution in [1.82, 2.24) is 0 Å². The van der Waals surface area contributed by atoms with Gasteiger partial charge in [-0.25, -0.2) is 4.79 Å². The number of rotatable bonds is 5. The lowest BCUT2D eigenvalue weighted by molar-refractivity contribution is -0.137. The Labute approximate surface area is 158 Å². The Morgan fingerprint density at radius 2 is 1.85 bits per heavy atom. The summed E-state index contributed by atoms with van der Waals surface area (Å²) in [6, 6.07) is 8.62. The minimum Gasteiger partial charge on any atom is -0.497 e. The third-order valence-corrected chi connectivity index (χ3v) is 3.84. The number of carbonyl (C=O) groups is 2. The fraction of sp³-hybridized carbons (Fsp3) is 0.222. The summed E-state index contributed by atoms with van der Waals surface area (Å²) >= 11 is 5.83. The summed E-state index contributed by atoms with van der Waals surface area (Å²) in [5.41, 5.74) is -1.05. The van der Waals surface area contributed by atoms with Crippen molar-refractivity contribution >= 4 is 29.2 Å². The molecule has 0 radical (unpaired) electrons. The lowest BCUT2D eigenvalue weighted by atomic mass is 10.2. The lowest BCUT2D eigenvalue weighted by Gasteiger charge is -2.15. The minimum atomic E-state index is -4.59. The van der Waals surface area contributed by atoms with Gasteiger partial charge >= 0.3 is 12.1 Å². The van der Waals surface area contributed by atoms with Crippen molar-refractivity contribution in [1.29, 1.82) is 0 Å². The van der Waals surface area contributed by atoms with Crippen LogP contribution in [0.4, 0.5) is 18.9 Å². The number of hydrogen-bond acceptors (Lipinski definition) is 4. The van der Waals surface area contributed by atoms with E-state index in [1.807, 2.05) is 0 Å². The van der Waals surface area contributed by atoms with E-state index in [9.17, 15) is 22.8 Å². The first kappa shape index (κ1) is 20.6. The summed E-state index contributed by atoms with van der Waals surface area (Å²) in [7, 11) is 1.43. The van der Waals surface area contributed by atoms with E-state index in [0.29, 0.717) is 11.8 Å². The lowest BCUT2D eigenvalue weighted by Crippen LogP contribution is -2.30. The molecule has 5 nitrogen and oxygen atoms in total. The zero-order valence-corrected chi connectivity index (χ0v) is 15.0. The van der Waals surface area contributed by atoms with Crippen LogP contribution in [0.1, 0.15) is 22.8 Å². The second-order valence-electron chi connectivity index (χ2n) is 5.46. The average Bonchev–Trinajstić information content (AvgIpc) is 2.62. The second-order valence-corrected chi connectivity index (χ2v) is 5.87. The first-order valence-electron chi connectivity index (χ1n) is 7.64. The summed E-state index contributed by atoms with van der Waals surface area (Å²) in [4.78, 5) is 24.3. The van der Waals surface area contributed by atoms with Gasteiger partial charge in [0.25, 0.3) is 5.91 Å². The zero-order valence-electron chi connectivity index (χ0n) is 14.3. The van der Waals surface area contributed by atoms with Crippen LogP contribution in [0.25, 0.3) is 0 Å². The molecule has 0 aliphatic carbocycles. The molecule has 1 N–H and O–H groups in total. The molecule has 0 heterocycles. The Balaban J connectivity index is 2.08. The van der Waals surface area contributed by atoms with Crippen molar-refractivity contribution in [3.05, 3.63) is 58.6 Å². The smallest absolute Gasteiger partial charge is 0.416 e. The fourth-order valence-electron chi connectivity index (χ4n) is 2.06. The van der Waals surface area contributed by atoms with Gasteiger partial charge in [-0.15, -0.1) is 0 Å². The Kier molecular flexibility index (Phi) is 6.32. The van der Waals surface area contributed by atoms with E-state index in [0.717, 1.165) is 12.1 Å². The van der Waals surface area contributed by atoms with Crippen LogP contribution in [-0.4, -0.2) is 25.1 Å². The number of anilines is 1. The molecule has 0 spiro atoms. The van der Waals surface area contributed by atoms with Crippen LogP contribution in [0.2, 0.25) is 5.02 Å². The highest BCUT2D eigenvalue weighted by Gasteiger charge is 2.31. The van der Waals surface area contributed by atoms with Crippen LogP contribution in [-0.2, 0) is 15.7 Å². The fourth-order valence-corrected chi connectivity index (χ4v) is 2.23. The molecule has 0 saturated heterocycles. The van der Waals surface area contributed by atoms with Gasteiger partial charge in [-0.1, -0.05) is 17.7 Å². The molecule has 0 aliphatic heterocycles. The Hall–Kier alpha value is -2.74. The van der Waals surface area contributed by atoms with Gasteiger partial charge in [0.1, 0.15) is 5.75 Å². The van der Waals surface area contributed by atoms with Crippen LogP contribution < -0.4 is 10.1 Å². The molecule has 2 aromatic rings. The molecule has 27 heavy (non-hydrogen) atoms. The average molecular weight is 402 g/mol. The van der Waals surface area contributed by atoms with Crippen LogP contribution in [0.5, 0.6) is 5.75 Å². The van der Waals surface area contributed by atoms with E-state index >= 15 is 0 Å². The molecule has 0 fully saturated rings. The number of hydrogen-bond donors (Lipinski definition) is 1. The Bertz CT molecular complexity index is 855. The number of methoxy groups -OCH3 is 1. The maximum Gasteiger partial charge on any atom is 0.416 e. The number of alkyl halides is 3. The van der Waals surface area contributed by atoms with Gasteiger partial charge in [-0.2, -0.15) is 13.2 Å². The van der Waals surface area contributed by atoms with Crippen LogP contribution >= 0.6 is 11.6 Å². The van der Waals surface area contributed by atoms with Gasteiger partial charge in [0.05, 0.1) is 28.9 Å². The molecule has 0 unspecified atom stereocenters. The maximum absolute atomic E-state index is 12.8. The van der Waals surface area contributed by atoms with E-state index in [-0.39, 0.29) is 16.3 Å². The van der Waals surface area contributed by atoms with E-state index in [1.165, 1.54) is 26.2 Å². The van der Waals surface area contributed by atoms with E-state index in [4.69, 9.17) is 21.1 Å². The van der Waals surface area contributed by atoms with E-state index in [2.05, 4.69) is 5.32 Å². The van der Waals surface area contributed by atoms with Crippen molar-refractivity contribution in [3.8, 4) is 5.75 Å². The number of benzene rings is 2. The highest BCUT2D eigenvalue weighted by Crippen LogP contribution is 2.33. The molecule has 9 heteroatoms. The minimum absolute atomic E-state index is 0.0809. The Morgan fingerprint density at radius 1 is 1.15 bits per heavy atom. The molecule has 0 aliphatic rings. The SMILES string of the molecule is COc1cccc(C(=O)O[C@@H](C)C(=O)Nc2cc(C(F)(F)F)ccc2Cl)c1. The predicted molar refractivity (Wildman–Crippen MR) is 93.0 cm³/mol. The molecule has 0 aromatic heterocycles. The summed E-state index contributed by atoms with van der Waals surface area (Å²) in [5, 5.41) is 2.15. The van der Waals surface area contributed by atoms with Crippen LogP contribution in [0.15, 0.2) is 42.5 Å². The second kappa shape index (κ2) is 8.30. The molecular weight excluding hydrogens is 387 g/mol. The monoisotopic (exact) mass is 401 g/mol. The highest BCUT2D eigenvalue weighted by molar-refractivity contribution is 6.33. The van der Waals surface area contributed by atoms with Gasteiger partial charge in [0.2, 0.25) is 0 Å². The third kappa shape index (κ3) is 5.37. The summed E-state index contributed by atoms with van der Waals surface area (Å²) in [5.74, 6) is -1.18. The normalized spacial score (nSPS) is 12.2. The van der Waals surface area contributed by atoms with Gasteiger partial charge in [-0.3, -0.25) is 4.79 Å². The molecule has 0 saturated carbocycles. The summed E-state index contributed by atoms with van der Waals surface area (Å²) in [6.45, 7) is 1.29. The standard InChI is InChI=1S/C18H15ClF3NO4/c1-10(27-17(25)11-4-3-5-13(8-11)26-2)16(24)23-15-9-12(18(20,21)22)6-7-14(15)19/h3-10H,1-2H3,(H,23,24)/t10-/m0/s1. The van der Waals surface area contributed by atoms with Gasteiger partial charge in [0.15, 0.2) is 6.10 Å². The zero-order chi connectivity index (χ0) is 20.2. The number of halogens is 4. The highest BCUT2D eigenvalue weighted by atomic mass is 35.5. The molecular formula is C18H15ClF3NO4. The topological polar surface area (TPSA) is 64.6 Å². The molecule has 144 valence electrons. The number of ether oxygens (including phenoxy) is 2. The summed E-state index contributed by atoms with van der Waals surface area (Å²) in [6.07, 6.45) is -5.86. The van der Waals surface area contributed by atoms with Gasteiger partial charge < -0.3 is 14.8 Å². The molecule has 2 aromatic carbocycles. The number of carbonyl (C=O) groups excluding carboxylic acids is 2.